The summed E-state index contributed by atoms with van der Waals surface area (Å²) in [5.74, 6) is 0.602. The predicted molar refractivity (Wildman–Crippen MR) is 248 cm³/mol. The molecular formula is C53H53IN2. The second-order valence-electron chi connectivity index (χ2n) is 17.7. The molecule has 2 aliphatic carbocycles. The number of hydrogen-bond donors (Lipinski definition) is 0. The summed E-state index contributed by atoms with van der Waals surface area (Å²) in [7, 11) is 0. The maximum Gasteiger partial charge on any atom is 0.0543 e. The van der Waals surface area contributed by atoms with Gasteiger partial charge in [0.1, 0.15) is 0 Å². The van der Waals surface area contributed by atoms with Crippen LogP contribution in [0.25, 0.3) is 45.3 Å². The molecule has 2 aromatic heterocycles. The molecule has 0 spiro atoms. The van der Waals surface area contributed by atoms with Crippen LogP contribution in [-0.4, -0.2) is 13.6 Å². The van der Waals surface area contributed by atoms with Gasteiger partial charge in [-0.1, -0.05) is 134 Å². The van der Waals surface area contributed by atoms with Gasteiger partial charge in [0.2, 0.25) is 0 Å². The molecule has 2 nitrogen and oxygen atoms in total. The van der Waals surface area contributed by atoms with Gasteiger partial charge in [0.05, 0.1) is 11.0 Å². The van der Waals surface area contributed by atoms with Crippen molar-refractivity contribution >= 4 is 56.5 Å². The van der Waals surface area contributed by atoms with Crippen molar-refractivity contribution in [2.45, 2.75) is 85.5 Å². The van der Waals surface area contributed by atoms with Crippen LogP contribution in [0, 0.1) is 19.8 Å². The number of allylic oxidation sites excluding steroid dienone is 2. The number of aryl methyl sites for hydroxylation is 2. The lowest BCUT2D eigenvalue weighted by molar-refractivity contribution is 0.633. The zero-order valence-corrected chi connectivity index (χ0v) is 36.4. The van der Waals surface area contributed by atoms with Gasteiger partial charge < -0.3 is 9.13 Å². The van der Waals surface area contributed by atoms with E-state index in [1.54, 1.807) is 11.1 Å². The van der Waals surface area contributed by atoms with Gasteiger partial charge >= 0.3 is 0 Å². The number of nitrogens with zero attached hydrogens (tertiary/aromatic N) is 2. The van der Waals surface area contributed by atoms with Crippen LogP contribution in [0.4, 0.5) is 0 Å². The molecule has 0 saturated carbocycles. The first-order valence-electron chi connectivity index (χ1n) is 20.4. The number of benzene rings is 5. The van der Waals surface area contributed by atoms with Crippen molar-refractivity contribution in [2.75, 3.05) is 4.43 Å². The largest absolute Gasteiger partial charge is 0.310 e. The molecule has 2 aliphatic rings. The summed E-state index contributed by atoms with van der Waals surface area (Å²) in [6, 6.07) is 41.9. The molecule has 7 aromatic rings. The van der Waals surface area contributed by atoms with E-state index < -0.39 is 0 Å². The minimum atomic E-state index is -0.153. The molecule has 0 saturated heterocycles. The number of aromatic nitrogens is 2. The molecule has 0 bridgehead atoms. The lowest BCUT2D eigenvalue weighted by Gasteiger charge is -2.31. The highest BCUT2D eigenvalue weighted by molar-refractivity contribution is 14.1. The SMILES string of the molecule is CC1=Cc2c(c3c(n2-c2ccc(C(C)(CI)c4ccc(C(C)(C)c5ccc(-n6c7cc(C)ccc7c7ccc(C)cc76)cc5)cc4)cc2)C=C(C)C(C)C3)CC1. The highest BCUT2D eigenvalue weighted by Crippen LogP contribution is 2.42. The van der Waals surface area contributed by atoms with Crippen molar-refractivity contribution in [3.8, 4) is 11.4 Å². The summed E-state index contributed by atoms with van der Waals surface area (Å²) in [4.78, 5) is 0. The van der Waals surface area contributed by atoms with Crippen molar-refractivity contribution in [3.05, 3.63) is 176 Å². The Balaban J connectivity index is 1.01. The molecule has 2 unspecified atom stereocenters. The molecule has 5 aromatic carbocycles. The Morgan fingerprint density at radius 2 is 1.05 bits per heavy atom. The topological polar surface area (TPSA) is 9.86 Å². The highest BCUT2D eigenvalue weighted by Gasteiger charge is 2.31. The van der Waals surface area contributed by atoms with Crippen LogP contribution in [0.5, 0.6) is 0 Å². The van der Waals surface area contributed by atoms with Crippen LogP contribution in [0.15, 0.2) is 120 Å². The monoisotopic (exact) mass is 844 g/mol. The van der Waals surface area contributed by atoms with Crippen molar-refractivity contribution in [2.24, 2.45) is 5.92 Å². The van der Waals surface area contributed by atoms with Gasteiger partial charge in [0.25, 0.3) is 0 Å². The van der Waals surface area contributed by atoms with Crippen LogP contribution >= 0.6 is 22.6 Å². The standard InChI is InChI=1S/C53H53IN2/c1-33-9-24-44-45-25-10-34(2)28-49(45)55(48(44)27-33)42-20-16-39(17-21-42)52(6,7)38-12-14-40(15-13-38)53(8,32-54)41-18-22-43(23-19-41)56-50-29-35(3)11-26-46(50)47-30-36(4)37(5)31-51(47)56/h9-10,12-25,27-29,31,36H,11,26,30,32H2,1-8H3. The molecule has 0 N–H and O–H groups in total. The van der Waals surface area contributed by atoms with Crippen molar-refractivity contribution in [3.63, 3.8) is 0 Å². The van der Waals surface area contributed by atoms with Gasteiger partial charge in [0, 0.05) is 48.8 Å². The lowest BCUT2D eigenvalue weighted by Crippen LogP contribution is -2.26. The van der Waals surface area contributed by atoms with Crippen LogP contribution in [-0.2, 0) is 23.7 Å². The Morgan fingerprint density at radius 3 is 1.61 bits per heavy atom. The summed E-state index contributed by atoms with van der Waals surface area (Å²) in [6.07, 6.45) is 8.36. The summed E-state index contributed by atoms with van der Waals surface area (Å²) in [5.41, 5.74) is 21.5. The first-order valence-corrected chi connectivity index (χ1v) is 21.9. The van der Waals surface area contributed by atoms with Gasteiger partial charge in [0.15, 0.2) is 0 Å². The zero-order chi connectivity index (χ0) is 39.1. The van der Waals surface area contributed by atoms with E-state index in [0.717, 1.165) is 17.3 Å². The van der Waals surface area contributed by atoms with Gasteiger partial charge in [-0.25, -0.2) is 0 Å². The van der Waals surface area contributed by atoms with Crippen molar-refractivity contribution < 1.29 is 0 Å². The lowest BCUT2D eigenvalue weighted by atomic mass is 9.74. The van der Waals surface area contributed by atoms with Gasteiger partial charge in [-0.05, 0) is 146 Å². The van der Waals surface area contributed by atoms with Crippen LogP contribution in [0.3, 0.4) is 0 Å². The average Bonchev–Trinajstić information content (AvgIpc) is 3.68. The zero-order valence-electron chi connectivity index (χ0n) is 34.2. The molecule has 282 valence electrons. The van der Waals surface area contributed by atoms with Crippen LogP contribution < -0.4 is 0 Å². The Hall–Kier alpha value is -4.61. The minimum absolute atomic E-state index is 0.111. The summed E-state index contributed by atoms with van der Waals surface area (Å²) in [5, 5.41) is 2.61. The summed E-state index contributed by atoms with van der Waals surface area (Å²) < 4.78 is 5.97. The van der Waals surface area contributed by atoms with E-state index >= 15 is 0 Å². The average molecular weight is 845 g/mol. The molecule has 0 aliphatic heterocycles. The number of alkyl halides is 1. The van der Waals surface area contributed by atoms with E-state index in [0.29, 0.717) is 5.92 Å². The fraction of sp³-hybridized carbons (Fsp3) is 0.283. The maximum absolute atomic E-state index is 2.59. The Labute approximate surface area is 347 Å². The van der Waals surface area contributed by atoms with E-state index in [1.807, 2.05) is 0 Å². The van der Waals surface area contributed by atoms with Gasteiger partial charge in [-0.15, -0.1) is 0 Å². The van der Waals surface area contributed by atoms with Gasteiger partial charge in [-0.2, -0.15) is 0 Å². The predicted octanol–water partition coefficient (Wildman–Crippen LogP) is 14.2. The number of fused-ring (bicyclic) bond motifs is 6. The van der Waals surface area contributed by atoms with Crippen LogP contribution in [0.1, 0.15) is 104 Å². The van der Waals surface area contributed by atoms with E-state index in [-0.39, 0.29) is 10.8 Å². The molecular weight excluding hydrogens is 792 g/mol. The first-order chi connectivity index (χ1) is 26.9. The molecule has 0 fully saturated rings. The number of hydrogen-bond acceptors (Lipinski definition) is 0. The van der Waals surface area contributed by atoms with E-state index in [1.165, 1.54) is 95.5 Å². The third-order valence-corrected chi connectivity index (χ3v) is 15.0. The summed E-state index contributed by atoms with van der Waals surface area (Å²) >= 11 is 2.59. The Morgan fingerprint density at radius 1 is 0.571 bits per heavy atom. The normalized spacial score (nSPS) is 16.7. The second-order valence-corrected chi connectivity index (χ2v) is 18.4. The fourth-order valence-electron chi connectivity index (χ4n) is 9.51. The molecule has 2 atom stereocenters. The molecule has 2 heterocycles. The third kappa shape index (κ3) is 5.95. The first kappa shape index (κ1) is 37.0. The molecule has 56 heavy (non-hydrogen) atoms. The third-order valence-electron chi connectivity index (χ3n) is 13.5. The highest BCUT2D eigenvalue weighted by atomic mass is 127. The summed E-state index contributed by atoms with van der Waals surface area (Å²) in [6.45, 7) is 18.4. The van der Waals surface area contributed by atoms with Crippen molar-refractivity contribution in [1.29, 1.82) is 0 Å². The fourth-order valence-corrected chi connectivity index (χ4v) is 10.4. The second kappa shape index (κ2) is 13.8. The Kier molecular flexibility index (Phi) is 9.11. The van der Waals surface area contributed by atoms with E-state index in [9.17, 15) is 0 Å². The molecule has 0 amide bonds. The molecule has 9 rings (SSSR count). The Bertz CT molecular complexity index is 2650. The minimum Gasteiger partial charge on any atom is -0.310 e. The van der Waals surface area contributed by atoms with E-state index in [2.05, 4.69) is 208 Å². The molecule has 3 heteroatoms. The molecule has 0 radical (unpaired) electrons. The van der Waals surface area contributed by atoms with Gasteiger partial charge in [-0.3, -0.25) is 0 Å². The van der Waals surface area contributed by atoms with E-state index in [4.69, 9.17) is 0 Å². The van der Waals surface area contributed by atoms with Crippen LogP contribution in [0.2, 0.25) is 0 Å². The maximum atomic E-state index is 2.59. The van der Waals surface area contributed by atoms with Crippen molar-refractivity contribution in [1.82, 2.24) is 9.13 Å². The number of rotatable bonds is 7. The quantitative estimate of drug-likeness (QED) is 0.112. The number of halogens is 1. The smallest absolute Gasteiger partial charge is 0.0543 e.